The van der Waals surface area contributed by atoms with E-state index in [1.165, 1.54) is 6.42 Å². The Bertz CT molecular complexity index is 692. The number of ether oxygens (including phenoxy) is 2. The number of benzene rings is 1. The van der Waals surface area contributed by atoms with Gasteiger partial charge in [-0.25, -0.2) is 0 Å². The molecule has 5 aliphatic rings. The summed E-state index contributed by atoms with van der Waals surface area (Å²) in [5.41, 5.74) is -0.251. The van der Waals surface area contributed by atoms with Gasteiger partial charge in [0.1, 0.15) is 12.7 Å². The van der Waals surface area contributed by atoms with Gasteiger partial charge in [0.25, 0.3) is 0 Å². The lowest BCUT2D eigenvalue weighted by Gasteiger charge is -2.59. The first-order chi connectivity index (χ1) is 12.0. The first kappa shape index (κ1) is 15.8. The largest absolute Gasteiger partial charge is 0.486 e. The monoisotopic (exact) mass is 361 g/mol. The van der Waals surface area contributed by atoms with Crippen LogP contribution in [0.2, 0.25) is 0 Å². The molecule has 4 fully saturated rings. The van der Waals surface area contributed by atoms with Crippen molar-refractivity contribution < 1.29 is 14.3 Å². The van der Waals surface area contributed by atoms with E-state index in [-0.39, 0.29) is 22.3 Å². The number of alkyl halides is 1. The highest BCUT2D eigenvalue weighted by molar-refractivity contribution is 6.24. The molecule has 4 saturated carbocycles. The van der Waals surface area contributed by atoms with E-state index in [1.807, 2.05) is 24.3 Å². The number of halogens is 1. The number of rotatable bonds is 3. The third-order valence-electron chi connectivity index (χ3n) is 6.53. The average molecular weight is 362 g/mol. The number of nitrogens with one attached hydrogen (secondary N) is 1. The quantitative estimate of drug-likeness (QED) is 0.838. The van der Waals surface area contributed by atoms with Crippen molar-refractivity contribution in [2.75, 3.05) is 13.2 Å². The second-order valence-corrected chi connectivity index (χ2v) is 9.40. The maximum Gasteiger partial charge on any atom is 0.226 e. The molecule has 0 saturated heterocycles. The minimum Gasteiger partial charge on any atom is -0.486 e. The van der Waals surface area contributed by atoms with Crippen molar-refractivity contribution in [1.82, 2.24) is 5.32 Å². The fourth-order valence-corrected chi connectivity index (χ4v) is 6.67. The fraction of sp³-hybridized carbons (Fsp3) is 0.650. The summed E-state index contributed by atoms with van der Waals surface area (Å²) in [4.78, 5) is 12.9. The zero-order valence-corrected chi connectivity index (χ0v) is 15.1. The Morgan fingerprint density at radius 1 is 1.16 bits per heavy atom. The van der Waals surface area contributed by atoms with E-state index in [4.69, 9.17) is 21.1 Å². The SMILES string of the molecule is O=C(NC[C@H]1COc2ccccc2O1)C12C[C@H]3C[C@@H](CC(Cl)(C3)C1)C2. The Morgan fingerprint density at radius 2 is 1.88 bits per heavy atom. The van der Waals surface area contributed by atoms with Crippen molar-refractivity contribution >= 4 is 17.5 Å². The predicted molar refractivity (Wildman–Crippen MR) is 95.1 cm³/mol. The molecule has 4 bridgehead atoms. The summed E-state index contributed by atoms with van der Waals surface area (Å²) in [6.07, 6.45) is 6.17. The van der Waals surface area contributed by atoms with Crippen LogP contribution >= 0.6 is 11.6 Å². The van der Waals surface area contributed by atoms with Gasteiger partial charge in [0.2, 0.25) is 5.91 Å². The minimum atomic E-state index is -0.251. The van der Waals surface area contributed by atoms with E-state index in [9.17, 15) is 4.79 Å². The maximum absolute atomic E-state index is 13.1. The molecule has 1 aliphatic heterocycles. The molecule has 1 aromatic carbocycles. The molecule has 0 spiro atoms. The number of carbonyl (C=O) groups excluding carboxylic acids is 1. The summed E-state index contributed by atoms with van der Waals surface area (Å²) in [5, 5.41) is 3.15. The lowest BCUT2D eigenvalue weighted by Crippen LogP contribution is -2.59. The van der Waals surface area contributed by atoms with Gasteiger partial charge in [-0.05, 0) is 62.5 Å². The number of hydrogen-bond acceptors (Lipinski definition) is 3. The second kappa shape index (κ2) is 5.54. The highest BCUT2D eigenvalue weighted by Gasteiger charge is 2.60. The minimum absolute atomic E-state index is 0.134. The molecule has 25 heavy (non-hydrogen) atoms. The Kier molecular flexibility index (Phi) is 3.50. The molecule has 0 aromatic heterocycles. The summed E-state index contributed by atoms with van der Waals surface area (Å²) in [6, 6.07) is 7.66. The number of amides is 1. The zero-order chi connectivity index (χ0) is 17.1. The number of fused-ring (bicyclic) bond motifs is 1. The van der Waals surface area contributed by atoms with Crippen LogP contribution in [-0.4, -0.2) is 30.0 Å². The summed E-state index contributed by atoms with van der Waals surface area (Å²) >= 11 is 6.84. The first-order valence-corrected chi connectivity index (χ1v) is 9.77. The molecule has 1 aromatic rings. The predicted octanol–water partition coefficient (Wildman–Crippen LogP) is 3.52. The smallest absolute Gasteiger partial charge is 0.226 e. The Hall–Kier alpha value is -1.42. The topological polar surface area (TPSA) is 47.6 Å². The van der Waals surface area contributed by atoms with Gasteiger partial charge in [0, 0.05) is 4.87 Å². The normalized spacial score (nSPS) is 40.8. The summed E-state index contributed by atoms with van der Waals surface area (Å²) in [5.74, 6) is 2.96. The van der Waals surface area contributed by atoms with Crippen molar-refractivity contribution in [2.45, 2.75) is 49.5 Å². The van der Waals surface area contributed by atoms with Crippen LogP contribution in [0.4, 0.5) is 0 Å². The average Bonchev–Trinajstić information content (AvgIpc) is 2.57. The van der Waals surface area contributed by atoms with Crippen molar-refractivity contribution in [3.05, 3.63) is 24.3 Å². The molecule has 0 radical (unpaired) electrons. The van der Waals surface area contributed by atoms with E-state index >= 15 is 0 Å². The molecule has 4 aliphatic carbocycles. The third kappa shape index (κ3) is 2.69. The fourth-order valence-electron chi connectivity index (χ4n) is 5.97. The molecule has 1 N–H and O–H groups in total. The molecule has 0 unspecified atom stereocenters. The summed E-state index contributed by atoms with van der Waals surface area (Å²) in [7, 11) is 0. The Morgan fingerprint density at radius 3 is 2.60 bits per heavy atom. The van der Waals surface area contributed by atoms with Crippen LogP contribution in [0.1, 0.15) is 38.5 Å². The van der Waals surface area contributed by atoms with Gasteiger partial charge >= 0.3 is 0 Å². The van der Waals surface area contributed by atoms with Gasteiger partial charge in [-0.3, -0.25) is 4.79 Å². The molecule has 6 rings (SSSR count). The van der Waals surface area contributed by atoms with Gasteiger partial charge in [-0.1, -0.05) is 12.1 Å². The van der Waals surface area contributed by atoms with Crippen LogP contribution in [-0.2, 0) is 4.79 Å². The highest BCUT2D eigenvalue weighted by atomic mass is 35.5. The van der Waals surface area contributed by atoms with Crippen molar-refractivity contribution in [3.63, 3.8) is 0 Å². The van der Waals surface area contributed by atoms with Gasteiger partial charge in [0.05, 0.1) is 12.0 Å². The second-order valence-electron chi connectivity index (χ2n) is 8.60. The van der Waals surface area contributed by atoms with Crippen molar-refractivity contribution in [3.8, 4) is 11.5 Å². The van der Waals surface area contributed by atoms with Gasteiger partial charge in [-0.15, -0.1) is 11.6 Å². The van der Waals surface area contributed by atoms with Crippen LogP contribution in [0.5, 0.6) is 11.5 Å². The van der Waals surface area contributed by atoms with Crippen LogP contribution in [0.25, 0.3) is 0 Å². The Balaban J connectivity index is 1.24. The standard InChI is InChI=1S/C20H24ClNO3/c21-20-8-13-5-14(9-20)7-19(6-13,12-20)18(23)22-10-15-11-24-16-3-1-2-4-17(16)25-15/h1-4,13-15H,5-12H2,(H,22,23)/t13-,14-,15+,19?,20?/m1/s1. The van der Waals surface area contributed by atoms with Crippen LogP contribution in [0, 0.1) is 17.3 Å². The van der Waals surface area contributed by atoms with Gasteiger partial charge < -0.3 is 14.8 Å². The molecule has 4 nitrogen and oxygen atoms in total. The van der Waals surface area contributed by atoms with Gasteiger partial charge in [-0.2, -0.15) is 0 Å². The van der Waals surface area contributed by atoms with Gasteiger partial charge in [0.15, 0.2) is 11.5 Å². The van der Waals surface area contributed by atoms with E-state index in [0.717, 1.165) is 43.6 Å². The maximum atomic E-state index is 13.1. The lowest BCUT2D eigenvalue weighted by molar-refractivity contribution is -0.145. The summed E-state index contributed by atoms with van der Waals surface area (Å²) in [6.45, 7) is 0.953. The van der Waals surface area contributed by atoms with Crippen LogP contribution in [0.15, 0.2) is 24.3 Å². The van der Waals surface area contributed by atoms with Crippen LogP contribution < -0.4 is 14.8 Å². The van der Waals surface area contributed by atoms with E-state index < -0.39 is 0 Å². The van der Waals surface area contributed by atoms with Crippen molar-refractivity contribution in [1.29, 1.82) is 0 Å². The molecular weight excluding hydrogens is 338 g/mol. The van der Waals surface area contributed by atoms with E-state index in [1.54, 1.807) is 0 Å². The number of carbonyl (C=O) groups is 1. The molecule has 3 atom stereocenters. The first-order valence-electron chi connectivity index (χ1n) is 9.39. The van der Waals surface area contributed by atoms with E-state index in [0.29, 0.717) is 25.0 Å². The molecular formula is C20H24ClNO3. The third-order valence-corrected chi connectivity index (χ3v) is 6.97. The number of para-hydroxylation sites is 2. The van der Waals surface area contributed by atoms with E-state index in [2.05, 4.69) is 5.32 Å². The molecule has 1 heterocycles. The lowest BCUT2D eigenvalue weighted by atomic mass is 9.49. The highest BCUT2D eigenvalue weighted by Crippen LogP contribution is 2.63. The Labute approximate surface area is 153 Å². The zero-order valence-electron chi connectivity index (χ0n) is 14.3. The van der Waals surface area contributed by atoms with Crippen LogP contribution in [0.3, 0.4) is 0 Å². The number of hydrogen-bond donors (Lipinski definition) is 1. The van der Waals surface area contributed by atoms with Crippen molar-refractivity contribution in [2.24, 2.45) is 17.3 Å². The molecule has 134 valence electrons. The molecule has 5 heteroatoms. The molecule has 1 amide bonds. The summed E-state index contributed by atoms with van der Waals surface area (Å²) < 4.78 is 11.7.